The predicted molar refractivity (Wildman–Crippen MR) is 99.6 cm³/mol. The van der Waals surface area contributed by atoms with Gasteiger partial charge in [-0.3, -0.25) is 9.59 Å². The summed E-state index contributed by atoms with van der Waals surface area (Å²) in [5.41, 5.74) is 0.750. The molecule has 1 aromatic rings. The van der Waals surface area contributed by atoms with Gasteiger partial charge in [-0.2, -0.15) is 0 Å². The molecule has 1 fully saturated rings. The molecule has 138 valence electrons. The van der Waals surface area contributed by atoms with E-state index in [2.05, 4.69) is 17.6 Å². The fraction of sp³-hybridized carbons (Fsp3) is 0.600. The van der Waals surface area contributed by atoms with Crippen LogP contribution in [0, 0.1) is 11.8 Å². The molecule has 1 aliphatic carbocycles. The zero-order valence-corrected chi connectivity index (χ0v) is 15.3. The lowest BCUT2D eigenvalue weighted by Gasteiger charge is -2.27. The van der Waals surface area contributed by atoms with Crippen LogP contribution in [0.25, 0.3) is 0 Å². The van der Waals surface area contributed by atoms with E-state index in [0.717, 1.165) is 62.9 Å². The fourth-order valence-electron chi connectivity index (χ4n) is 3.29. The minimum atomic E-state index is -0.0182. The van der Waals surface area contributed by atoms with Gasteiger partial charge in [0, 0.05) is 30.1 Å². The van der Waals surface area contributed by atoms with E-state index >= 15 is 0 Å². The molecule has 2 N–H and O–H groups in total. The van der Waals surface area contributed by atoms with Crippen molar-refractivity contribution in [3.8, 4) is 5.75 Å². The monoisotopic (exact) mass is 346 g/mol. The van der Waals surface area contributed by atoms with Gasteiger partial charge >= 0.3 is 0 Å². The number of carbonyl (C=O) groups excluding carboxylic acids is 2. The first-order chi connectivity index (χ1) is 12.1. The molecule has 0 atom stereocenters. The molecule has 1 saturated carbocycles. The lowest BCUT2D eigenvalue weighted by atomic mass is 9.81. The molecule has 25 heavy (non-hydrogen) atoms. The standard InChI is InChI=1S/C20H30N2O3/c1-3-4-5-13-21-19(23)15-9-11-16(12-10-15)20(24)22-17-7-6-8-18(14-17)25-2/h6-8,14-16H,3-5,9-13H2,1-2H3,(H,21,23)(H,22,24). The average molecular weight is 346 g/mol. The number of benzene rings is 1. The smallest absolute Gasteiger partial charge is 0.227 e. The van der Waals surface area contributed by atoms with Crippen LogP contribution < -0.4 is 15.4 Å². The van der Waals surface area contributed by atoms with Crippen molar-refractivity contribution in [3.63, 3.8) is 0 Å². The van der Waals surface area contributed by atoms with Crippen LogP contribution in [0.1, 0.15) is 51.9 Å². The minimum absolute atomic E-state index is 0.0182. The highest BCUT2D eigenvalue weighted by Gasteiger charge is 2.29. The van der Waals surface area contributed by atoms with Crippen molar-refractivity contribution in [2.24, 2.45) is 11.8 Å². The number of methoxy groups -OCH3 is 1. The zero-order chi connectivity index (χ0) is 18.1. The van der Waals surface area contributed by atoms with Gasteiger partial charge in [0.2, 0.25) is 11.8 Å². The molecule has 0 radical (unpaired) electrons. The van der Waals surface area contributed by atoms with Crippen molar-refractivity contribution in [2.45, 2.75) is 51.9 Å². The van der Waals surface area contributed by atoms with Crippen LogP contribution in [-0.4, -0.2) is 25.5 Å². The van der Waals surface area contributed by atoms with E-state index in [0.29, 0.717) is 0 Å². The number of unbranched alkanes of at least 4 members (excludes halogenated alkanes) is 2. The number of hydrogen-bond donors (Lipinski definition) is 2. The number of ether oxygens (including phenoxy) is 1. The lowest BCUT2D eigenvalue weighted by Crippen LogP contribution is -2.35. The van der Waals surface area contributed by atoms with Crippen molar-refractivity contribution >= 4 is 17.5 Å². The van der Waals surface area contributed by atoms with Crippen LogP contribution in [0.15, 0.2) is 24.3 Å². The van der Waals surface area contributed by atoms with Crippen LogP contribution in [0.5, 0.6) is 5.75 Å². The molecule has 0 heterocycles. The summed E-state index contributed by atoms with van der Waals surface area (Å²) >= 11 is 0. The van der Waals surface area contributed by atoms with E-state index in [1.54, 1.807) is 7.11 Å². The highest BCUT2D eigenvalue weighted by atomic mass is 16.5. The van der Waals surface area contributed by atoms with E-state index < -0.39 is 0 Å². The molecular weight excluding hydrogens is 316 g/mol. The summed E-state index contributed by atoms with van der Waals surface area (Å²) in [6, 6.07) is 7.37. The van der Waals surface area contributed by atoms with Crippen LogP contribution in [0.3, 0.4) is 0 Å². The number of anilines is 1. The Balaban J connectivity index is 1.75. The molecule has 0 aromatic heterocycles. The zero-order valence-electron chi connectivity index (χ0n) is 15.3. The summed E-state index contributed by atoms with van der Waals surface area (Å²) in [7, 11) is 1.61. The van der Waals surface area contributed by atoms with Crippen LogP contribution >= 0.6 is 0 Å². The van der Waals surface area contributed by atoms with Crippen LogP contribution in [0.2, 0.25) is 0 Å². The molecule has 2 amide bonds. The maximum absolute atomic E-state index is 12.4. The molecule has 0 spiro atoms. The molecule has 0 unspecified atom stereocenters. The quantitative estimate of drug-likeness (QED) is 0.705. The Morgan fingerprint density at radius 2 is 1.76 bits per heavy atom. The third-order valence-electron chi connectivity index (χ3n) is 4.89. The van der Waals surface area contributed by atoms with Crippen molar-refractivity contribution < 1.29 is 14.3 Å². The Morgan fingerprint density at radius 1 is 1.08 bits per heavy atom. The predicted octanol–water partition coefficient (Wildman–Crippen LogP) is 3.75. The maximum atomic E-state index is 12.4. The van der Waals surface area contributed by atoms with E-state index in [-0.39, 0.29) is 23.7 Å². The van der Waals surface area contributed by atoms with E-state index in [1.165, 1.54) is 0 Å². The Hall–Kier alpha value is -2.04. The summed E-state index contributed by atoms with van der Waals surface area (Å²) in [5.74, 6) is 0.955. The summed E-state index contributed by atoms with van der Waals surface area (Å²) in [6.45, 7) is 2.92. The third kappa shape index (κ3) is 6.07. The van der Waals surface area contributed by atoms with Gasteiger partial charge < -0.3 is 15.4 Å². The number of rotatable bonds is 8. The Bertz CT molecular complexity index is 566. The van der Waals surface area contributed by atoms with Gasteiger partial charge in [0.25, 0.3) is 0 Å². The van der Waals surface area contributed by atoms with Crippen molar-refractivity contribution in [1.82, 2.24) is 5.32 Å². The minimum Gasteiger partial charge on any atom is -0.497 e. The maximum Gasteiger partial charge on any atom is 0.227 e. The SMILES string of the molecule is CCCCCNC(=O)C1CCC(C(=O)Nc2cccc(OC)c2)CC1. The Kier molecular flexibility index (Phi) is 7.76. The molecule has 0 bridgehead atoms. The van der Waals surface area contributed by atoms with E-state index in [1.807, 2.05) is 24.3 Å². The molecule has 1 aromatic carbocycles. The van der Waals surface area contributed by atoms with Gasteiger partial charge in [-0.1, -0.05) is 25.8 Å². The molecule has 5 nitrogen and oxygen atoms in total. The molecule has 0 saturated heterocycles. The van der Waals surface area contributed by atoms with E-state index in [9.17, 15) is 9.59 Å². The molecule has 2 rings (SSSR count). The molecule has 0 aliphatic heterocycles. The number of hydrogen-bond acceptors (Lipinski definition) is 3. The highest BCUT2D eigenvalue weighted by molar-refractivity contribution is 5.93. The van der Waals surface area contributed by atoms with Gasteiger partial charge in [-0.15, -0.1) is 0 Å². The first kappa shape index (κ1) is 19.3. The summed E-state index contributed by atoms with van der Waals surface area (Å²) in [5, 5.41) is 5.99. The van der Waals surface area contributed by atoms with Gasteiger partial charge in [0.15, 0.2) is 0 Å². The second-order valence-corrected chi connectivity index (χ2v) is 6.77. The summed E-state index contributed by atoms with van der Waals surface area (Å²) in [6.07, 6.45) is 6.46. The van der Waals surface area contributed by atoms with Gasteiger partial charge in [0.1, 0.15) is 5.75 Å². The second kappa shape index (κ2) is 10.1. The first-order valence-corrected chi connectivity index (χ1v) is 9.36. The van der Waals surface area contributed by atoms with Crippen molar-refractivity contribution in [3.05, 3.63) is 24.3 Å². The normalized spacial score (nSPS) is 19.9. The highest BCUT2D eigenvalue weighted by Crippen LogP contribution is 2.30. The van der Waals surface area contributed by atoms with Gasteiger partial charge in [0.05, 0.1) is 7.11 Å². The first-order valence-electron chi connectivity index (χ1n) is 9.36. The molecule has 5 heteroatoms. The molecule has 1 aliphatic rings. The fourth-order valence-corrected chi connectivity index (χ4v) is 3.29. The third-order valence-corrected chi connectivity index (χ3v) is 4.89. The Morgan fingerprint density at radius 3 is 2.40 bits per heavy atom. The van der Waals surface area contributed by atoms with Crippen molar-refractivity contribution in [1.29, 1.82) is 0 Å². The number of nitrogens with one attached hydrogen (secondary N) is 2. The van der Waals surface area contributed by atoms with E-state index in [4.69, 9.17) is 4.74 Å². The Labute approximate surface area is 150 Å². The number of amides is 2. The van der Waals surface area contributed by atoms with Crippen molar-refractivity contribution in [2.75, 3.05) is 19.0 Å². The summed E-state index contributed by atoms with van der Waals surface area (Å²) in [4.78, 5) is 24.6. The van der Waals surface area contributed by atoms with Crippen LogP contribution in [-0.2, 0) is 9.59 Å². The largest absolute Gasteiger partial charge is 0.497 e. The molecular formula is C20H30N2O3. The van der Waals surface area contributed by atoms with Crippen LogP contribution in [0.4, 0.5) is 5.69 Å². The van der Waals surface area contributed by atoms with Gasteiger partial charge in [-0.25, -0.2) is 0 Å². The van der Waals surface area contributed by atoms with Gasteiger partial charge in [-0.05, 0) is 44.2 Å². The number of carbonyl (C=O) groups is 2. The summed E-state index contributed by atoms with van der Waals surface area (Å²) < 4.78 is 5.17. The second-order valence-electron chi connectivity index (χ2n) is 6.77. The lowest BCUT2D eigenvalue weighted by molar-refractivity contribution is -0.128. The topological polar surface area (TPSA) is 67.4 Å². The average Bonchev–Trinajstić information content (AvgIpc) is 2.65.